The van der Waals surface area contributed by atoms with E-state index < -0.39 is 0 Å². The Balaban J connectivity index is 2.13. The van der Waals surface area contributed by atoms with Gasteiger partial charge in [-0.1, -0.05) is 42.4 Å². The molecule has 3 rings (SSSR count). The molecule has 6 heteroatoms. The van der Waals surface area contributed by atoms with E-state index in [0.29, 0.717) is 13.1 Å². The first-order chi connectivity index (χ1) is 12.6. The molecule has 0 bridgehead atoms. The van der Waals surface area contributed by atoms with E-state index in [-0.39, 0.29) is 11.8 Å². The van der Waals surface area contributed by atoms with Gasteiger partial charge in [-0.15, -0.1) is 11.3 Å². The van der Waals surface area contributed by atoms with Crippen LogP contribution in [0.4, 0.5) is 0 Å². The van der Waals surface area contributed by atoms with Gasteiger partial charge in [0.2, 0.25) is 5.91 Å². The van der Waals surface area contributed by atoms with Crippen LogP contribution in [0.1, 0.15) is 27.5 Å². The van der Waals surface area contributed by atoms with Crippen LogP contribution in [0.2, 0.25) is 4.34 Å². The minimum Gasteiger partial charge on any atom is -0.393 e. The average molecular weight is 386 g/mol. The molecule has 0 unspecified atom stereocenters. The molecular weight excluding hydrogens is 366 g/mol. The second-order valence-electron chi connectivity index (χ2n) is 6.02. The molecule has 1 amide bonds. The number of hydrogen-bond donors (Lipinski definition) is 2. The van der Waals surface area contributed by atoms with Crippen molar-refractivity contribution in [1.82, 2.24) is 10.2 Å². The van der Waals surface area contributed by atoms with E-state index >= 15 is 0 Å². The lowest BCUT2D eigenvalue weighted by molar-refractivity contribution is -0.127. The molecule has 0 saturated heterocycles. The molecule has 2 heterocycles. The Morgan fingerprint density at radius 1 is 1.42 bits per heavy atom. The fraction of sp³-hybridized carbons (Fsp3) is 0.200. The minimum absolute atomic E-state index is 0.00260. The molecule has 2 aromatic rings. The Morgan fingerprint density at radius 2 is 2.19 bits per heavy atom. The molecule has 2 N–H and O–H groups in total. The van der Waals surface area contributed by atoms with Gasteiger partial charge in [0.25, 0.3) is 0 Å². The molecule has 1 aromatic carbocycles. The Labute approximate surface area is 162 Å². The molecular formula is C20H20ClN3OS. The molecule has 1 atom stereocenters. The third-order valence-electron chi connectivity index (χ3n) is 4.51. The maximum atomic E-state index is 12.3. The van der Waals surface area contributed by atoms with E-state index in [1.54, 1.807) is 4.90 Å². The van der Waals surface area contributed by atoms with Gasteiger partial charge in [-0.3, -0.25) is 4.79 Å². The highest BCUT2D eigenvalue weighted by Gasteiger charge is 2.31. The lowest BCUT2D eigenvalue weighted by Gasteiger charge is -2.33. The van der Waals surface area contributed by atoms with Crippen molar-refractivity contribution in [3.8, 4) is 0 Å². The zero-order valence-corrected chi connectivity index (χ0v) is 16.0. The fourth-order valence-electron chi connectivity index (χ4n) is 3.36. The maximum Gasteiger partial charge on any atom is 0.246 e. The summed E-state index contributed by atoms with van der Waals surface area (Å²) in [7, 11) is 1.81. The summed E-state index contributed by atoms with van der Waals surface area (Å²) in [6, 6.07) is 10.0. The number of hydrogen-bond acceptors (Lipinski definition) is 4. The number of rotatable bonds is 5. The molecule has 4 nitrogen and oxygen atoms in total. The summed E-state index contributed by atoms with van der Waals surface area (Å²) in [4.78, 5) is 15.2. The van der Waals surface area contributed by atoms with E-state index in [1.165, 1.54) is 23.6 Å². The van der Waals surface area contributed by atoms with Crippen LogP contribution in [-0.4, -0.2) is 30.6 Å². The first kappa shape index (κ1) is 18.4. The number of fused-ring (bicyclic) bond motifs is 1. The third kappa shape index (κ3) is 3.45. The lowest BCUT2D eigenvalue weighted by Crippen LogP contribution is -2.37. The zero-order valence-electron chi connectivity index (χ0n) is 14.5. The van der Waals surface area contributed by atoms with Gasteiger partial charge in [-0.2, -0.15) is 0 Å². The number of thiophene rings is 1. The van der Waals surface area contributed by atoms with Crippen molar-refractivity contribution in [3.05, 3.63) is 75.1 Å². The van der Waals surface area contributed by atoms with E-state index in [9.17, 15) is 4.79 Å². The van der Waals surface area contributed by atoms with Gasteiger partial charge < -0.3 is 15.6 Å². The number of nitrogens with one attached hydrogen (secondary N) is 2. The van der Waals surface area contributed by atoms with Gasteiger partial charge in [-0.25, -0.2) is 0 Å². The quantitative estimate of drug-likeness (QED) is 0.596. The highest BCUT2D eigenvalue weighted by Crippen LogP contribution is 2.41. The summed E-state index contributed by atoms with van der Waals surface area (Å²) in [6.07, 6.45) is 4.50. The highest BCUT2D eigenvalue weighted by atomic mass is 35.5. The van der Waals surface area contributed by atoms with E-state index in [1.807, 2.05) is 37.5 Å². The number of benzene rings is 1. The normalized spacial score (nSPS) is 16.8. The van der Waals surface area contributed by atoms with Crippen LogP contribution in [0, 0.1) is 5.41 Å². The number of halogens is 1. The number of allylic oxidation sites excluding steroid dienone is 1. The maximum absolute atomic E-state index is 12.3. The predicted molar refractivity (Wildman–Crippen MR) is 109 cm³/mol. The monoisotopic (exact) mass is 385 g/mol. The number of nitrogens with zero attached hydrogens (tertiary/aromatic N) is 1. The summed E-state index contributed by atoms with van der Waals surface area (Å²) in [6.45, 7) is 4.73. The SMILES string of the molecule is C=CC(=O)N1Cc2sc(Cl)cc2[C@@H](c2ccccc2/C(C=N)=C/NC)C1. The number of carbonyl (C=O) groups is 1. The van der Waals surface area contributed by atoms with Crippen molar-refractivity contribution in [2.45, 2.75) is 12.5 Å². The Hall–Kier alpha value is -2.37. The third-order valence-corrected chi connectivity index (χ3v) is 5.78. The van der Waals surface area contributed by atoms with Crippen molar-refractivity contribution in [1.29, 1.82) is 5.41 Å². The van der Waals surface area contributed by atoms with Crippen molar-refractivity contribution in [2.24, 2.45) is 0 Å². The second-order valence-corrected chi connectivity index (χ2v) is 7.79. The van der Waals surface area contributed by atoms with Crippen LogP contribution < -0.4 is 5.32 Å². The molecule has 1 aromatic heterocycles. The lowest BCUT2D eigenvalue weighted by atomic mass is 9.84. The van der Waals surface area contributed by atoms with Gasteiger partial charge >= 0.3 is 0 Å². The van der Waals surface area contributed by atoms with Crippen molar-refractivity contribution < 1.29 is 4.79 Å². The smallest absolute Gasteiger partial charge is 0.246 e. The topological polar surface area (TPSA) is 56.2 Å². The van der Waals surface area contributed by atoms with Gasteiger partial charge in [0, 0.05) is 42.4 Å². The van der Waals surface area contributed by atoms with Gasteiger partial charge in [-0.05, 0) is 28.8 Å². The molecule has 0 aliphatic carbocycles. The summed E-state index contributed by atoms with van der Waals surface area (Å²) in [5, 5.41) is 10.8. The van der Waals surface area contributed by atoms with Crippen LogP contribution in [-0.2, 0) is 11.3 Å². The number of carbonyl (C=O) groups excluding carboxylic acids is 1. The Kier molecular flexibility index (Phi) is 5.59. The van der Waals surface area contributed by atoms with E-state index in [4.69, 9.17) is 17.0 Å². The predicted octanol–water partition coefficient (Wildman–Crippen LogP) is 4.27. The fourth-order valence-corrected chi connectivity index (χ4v) is 4.72. The molecule has 0 saturated carbocycles. The summed E-state index contributed by atoms with van der Waals surface area (Å²) in [5.41, 5.74) is 4.00. The van der Waals surface area contributed by atoms with Crippen molar-refractivity contribution in [2.75, 3.05) is 13.6 Å². The Morgan fingerprint density at radius 3 is 2.88 bits per heavy atom. The number of amides is 1. The van der Waals surface area contributed by atoms with Crippen LogP contribution in [0.15, 0.2) is 49.2 Å². The zero-order chi connectivity index (χ0) is 18.7. The molecule has 0 radical (unpaired) electrons. The standard InChI is InChI=1S/C20H20ClN3OS/c1-3-20(25)24-11-17(16-8-19(21)26-18(16)12-24)15-7-5-4-6-14(15)13(9-22)10-23-2/h3-10,17,22-23H,1,11-12H2,2H3/b13-10+,22-9?/t17-/m1/s1. The van der Waals surface area contributed by atoms with E-state index in [2.05, 4.69) is 18.0 Å². The highest BCUT2D eigenvalue weighted by molar-refractivity contribution is 7.16. The van der Waals surface area contributed by atoms with Gasteiger partial charge in [0.05, 0.1) is 10.9 Å². The molecule has 0 fully saturated rings. The second kappa shape index (κ2) is 7.89. The van der Waals surface area contributed by atoms with Crippen molar-refractivity contribution in [3.63, 3.8) is 0 Å². The largest absolute Gasteiger partial charge is 0.393 e. The van der Waals surface area contributed by atoms with Crippen LogP contribution in [0.25, 0.3) is 5.57 Å². The van der Waals surface area contributed by atoms with Gasteiger partial charge in [0.15, 0.2) is 0 Å². The summed E-state index contributed by atoms with van der Waals surface area (Å²) in [5.74, 6) is -0.0801. The summed E-state index contributed by atoms with van der Waals surface area (Å²) >= 11 is 7.80. The molecule has 1 aliphatic rings. The Bertz CT molecular complexity index is 887. The van der Waals surface area contributed by atoms with Crippen LogP contribution in [0.5, 0.6) is 0 Å². The van der Waals surface area contributed by atoms with Crippen LogP contribution in [0.3, 0.4) is 0 Å². The van der Waals surface area contributed by atoms with Gasteiger partial charge in [0.1, 0.15) is 0 Å². The minimum atomic E-state index is -0.0827. The molecule has 1 aliphatic heterocycles. The molecule has 0 spiro atoms. The average Bonchev–Trinajstić information content (AvgIpc) is 3.04. The molecule has 134 valence electrons. The first-order valence-corrected chi connectivity index (χ1v) is 9.45. The van der Waals surface area contributed by atoms with E-state index in [0.717, 1.165) is 31.5 Å². The van der Waals surface area contributed by atoms with Crippen LogP contribution >= 0.6 is 22.9 Å². The molecule has 26 heavy (non-hydrogen) atoms. The first-order valence-electron chi connectivity index (χ1n) is 8.25. The summed E-state index contributed by atoms with van der Waals surface area (Å²) < 4.78 is 0.725. The van der Waals surface area contributed by atoms with Crippen molar-refractivity contribution >= 4 is 40.6 Å².